The minimum atomic E-state index is -0.263. The fourth-order valence-electron chi connectivity index (χ4n) is 1.43. The molecule has 0 aliphatic heterocycles. The smallest absolute Gasteiger partial charge is 0.309 e. The van der Waals surface area contributed by atoms with Crippen molar-refractivity contribution < 1.29 is 14.3 Å². The Kier molecular flexibility index (Phi) is 8.30. The summed E-state index contributed by atoms with van der Waals surface area (Å²) in [5.74, 6) is 0.208. The van der Waals surface area contributed by atoms with Gasteiger partial charge >= 0.3 is 5.97 Å². The van der Waals surface area contributed by atoms with Crippen LogP contribution in [-0.4, -0.2) is 30.5 Å². The Balaban J connectivity index is 2.50. The number of anilines is 1. The second kappa shape index (κ2) is 9.17. The van der Waals surface area contributed by atoms with Crippen molar-refractivity contribution in [2.75, 3.05) is 23.9 Å². The third-order valence-electron chi connectivity index (χ3n) is 2.48. The van der Waals surface area contributed by atoms with E-state index in [1.54, 1.807) is 6.92 Å². The van der Waals surface area contributed by atoms with Crippen LogP contribution in [0.15, 0.2) is 25.6 Å². The Hall–Kier alpha value is -0.0500. The van der Waals surface area contributed by atoms with Crippen molar-refractivity contribution in [3.05, 3.63) is 25.6 Å². The highest BCUT2D eigenvalue weighted by molar-refractivity contribution is 9.11. The van der Waals surface area contributed by atoms with Gasteiger partial charge in [-0.05, 0) is 44.0 Å². The lowest BCUT2D eigenvalue weighted by Crippen LogP contribution is -2.18. The quantitative estimate of drug-likeness (QED) is 0.582. The number of esters is 1. The van der Waals surface area contributed by atoms with Gasteiger partial charge in [-0.25, -0.2) is 0 Å². The van der Waals surface area contributed by atoms with Crippen molar-refractivity contribution in [1.29, 1.82) is 0 Å². The van der Waals surface area contributed by atoms with E-state index in [-0.39, 0.29) is 23.5 Å². The summed E-state index contributed by atoms with van der Waals surface area (Å²) in [7, 11) is 1.36. The molecule has 1 amide bonds. The first-order valence-corrected chi connectivity index (χ1v) is 9.48. The number of hydrogen-bond donors (Lipinski definition) is 1. The zero-order valence-electron chi connectivity index (χ0n) is 11.4. The predicted molar refractivity (Wildman–Crippen MR) is 96.7 cm³/mol. The zero-order valence-corrected chi connectivity index (χ0v) is 17.0. The summed E-state index contributed by atoms with van der Waals surface area (Å²) in [6.07, 6.45) is 0. The molecule has 4 nitrogen and oxygen atoms in total. The Morgan fingerprint density at radius 2 is 1.86 bits per heavy atom. The number of ether oxygens (including phenoxy) is 1. The molecule has 0 fully saturated rings. The highest BCUT2D eigenvalue weighted by Crippen LogP contribution is 2.34. The van der Waals surface area contributed by atoms with Crippen molar-refractivity contribution in [2.24, 2.45) is 5.92 Å². The summed E-state index contributed by atoms with van der Waals surface area (Å²) in [4.78, 5) is 23.2. The molecule has 0 heterocycles. The van der Waals surface area contributed by atoms with E-state index in [4.69, 9.17) is 0 Å². The molecule has 0 aromatic heterocycles. The molecule has 0 radical (unpaired) electrons. The maximum absolute atomic E-state index is 11.9. The Morgan fingerprint density at radius 1 is 1.29 bits per heavy atom. The van der Waals surface area contributed by atoms with Crippen LogP contribution in [0.3, 0.4) is 0 Å². The van der Waals surface area contributed by atoms with Crippen LogP contribution in [0, 0.1) is 5.92 Å². The van der Waals surface area contributed by atoms with Gasteiger partial charge in [0.25, 0.3) is 0 Å². The van der Waals surface area contributed by atoms with E-state index in [0.717, 1.165) is 13.4 Å². The molecule has 0 aliphatic carbocycles. The van der Waals surface area contributed by atoms with E-state index in [0.29, 0.717) is 11.4 Å². The van der Waals surface area contributed by atoms with Crippen LogP contribution in [0.1, 0.15) is 6.92 Å². The molecule has 21 heavy (non-hydrogen) atoms. The second-order valence-electron chi connectivity index (χ2n) is 4.23. The van der Waals surface area contributed by atoms with E-state index < -0.39 is 0 Å². The van der Waals surface area contributed by atoms with Crippen molar-refractivity contribution >= 4 is 77.1 Å². The summed E-state index contributed by atoms with van der Waals surface area (Å²) >= 11 is 11.6. The average molecular weight is 504 g/mol. The van der Waals surface area contributed by atoms with Crippen LogP contribution in [0.4, 0.5) is 5.69 Å². The van der Waals surface area contributed by atoms with Gasteiger partial charge in [0.1, 0.15) is 0 Å². The van der Waals surface area contributed by atoms with Gasteiger partial charge in [0, 0.05) is 19.2 Å². The number of benzene rings is 1. The van der Waals surface area contributed by atoms with Crippen LogP contribution in [0.2, 0.25) is 0 Å². The van der Waals surface area contributed by atoms with Gasteiger partial charge < -0.3 is 10.1 Å². The molecular weight excluding hydrogens is 490 g/mol. The zero-order chi connectivity index (χ0) is 16.0. The number of carbonyl (C=O) groups is 2. The van der Waals surface area contributed by atoms with Crippen LogP contribution >= 0.6 is 59.6 Å². The molecule has 1 N–H and O–H groups in total. The first-order valence-electron chi connectivity index (χ1n) is 5.95. The van der Waals surface area contributed by atoms with E-state index >= 15 is 0 Å². The molecule has 116 valence electrons. The molecule has 1 aromatic rings. The standard InChI is InChI=1S/C13H14Br3NO3S/c1-7(13(19)20-2)5-21-6-11(18)17-12-9(15)3-8(14)4-10(12)16/h3-4,7H,5-6H2,1-2H3,(H,17,18). The molecule has 8 heteroatoms. The lowest BCUT2D eigenvalue weighted by Gasteiger charge is -2.11. The maximum Gasteiger partial charge on any atom is 0.309 e. The van der Waals surface area contributed by atoms with Crippen LogP contribution in [0.5, 0.6) is 0 Å². The molecule has 0 saturated carbocycles. The first kappa shape index (κ1) is 19.0. The first-order chi connectivity index (χ1) is 9.85. The molecule has 0 bridgehead atoms. The SMILES string of the molecule is COC(=O)C(C)CSCC(=O)Nc1c(Br)cc(Br)cc1Br. The molecule has 1 aromatic carbocycles. The molecule has 0 saturated heterocycles. The topological polar surface area (TPSA) is 55.4 Å². The highest BCUT2D eigenvalue weighted by atomic mass is 79.9. The third kappa shape index (κ3) is 6.30. The summed E-state index contributed by atoms with van der Waals surface area (Å²) in [6.45, 7) is 1.78. The monoisotopic (exact) mass is 501 g/mol. The van der Waals surface area contributed by atoms with Gasteiger partial charge in [-0.1, -0.05) is 22.9 Å². The number of nitrogens with one attached hydrogen (secondary N) is 1. The van der Waals surface area contributed by atoms with Gasteiger partial charge in [-0.2, -0.15) is 11.8 Å². The summed E-state index contributed by atoms with van der Waals surface area (Å²) in [5.41, 5.74) is 0.685. The van der Waals surface area contributed by atoms with Gasteiger partial charge in [-0.15, -0.1) is 0 Å². The van der Waals surface area contributed by atoms with E-state index in [1.807, 2.05) is 12.1 Å². The third-order valence-corrected chi connectivity index (χ3v) is 5.39. The number of halogens is 3. The normalized spacial score (nSPS) is 11.9. The van der Waals surface area contributed by atoms with Crippen molar-refractivity contribution in [3.63, 3.8) is 0 Å². The molecule has 1 rings (SSSR count). The minimum Gasteiger partial charge on any atom is -0.469 e. The fourth-order valence-corrected chi connectivity index (χ4v) is 4.76. The lowest BCUT2D eigenvalue weighted by molar-refractivity contribution is -0.144. The van der Waals surface area contributed by atoms with Crippen LogP contribution < -0.4 is 5.32 Å². The number of hydrogen-bond acceptors (Lipinski definition) is 4. The fraction of sp³-hybridized carbons (Fsp3) is 0.385. The summed E-state index contributed by atoms with van der Waals surface area (Å²) in [5, 5.41) is 2.83. The molecule has 0 spiro atoms. The number of rotatable bonds is 6. The maximum atomic E-state index is 11.9. The van der Waals surface area contributed by atoms with Crippen molar-refractivity contribution in [1.82, 2.24) is 0 Å². The summed E-state index contributed by atoms with van der Waals surface area (Å²) in [6, 6.07) is 3.71. The van der Waals surface area contributed by atoms with Crippen LogP contribution in [0.25, 0.3) is 0 Å². The number of carbonyl (C=O) groups excluding carboxylic acids is 2. The van der Waals surface area contributed by atoms with Crippen molar-refractivity contribution in [3.8, 4) is 0 Å². The predicted octanol–water partition coefficient (Wildman–Crippen LogP) is 4.45. The van der Waals surface area contributed by atoms with E-state index in [1.165, 1.54) is 18.9 Å². The number of thioether (sulfide) groups is 1. The molecular formula is C13H14Br3NO3S. The summed E-state index contributed by atoms with van der Waals surface area (Å²) < 4.78 is 7.11. The molecule has 0 aliphatic rings. The average Bonchev–Trinajstić information content (AvgIpc) is 2.41. The van der Waals surface area contributed by atoms with Crippen molar-refractivity contribution in [2.45, 2.75) is 6.92 Å². The van der Waals surface area contributed by atoms with Gasteiger partial charge in [-0.3, -0.25) is 9.59 Å². The minimum absolute atomic E-state index is 0.124. The lowest BCUT2D eigenvalue weighted by atomic mass is 10.2. The highest BCUT2D eigenvalue weighted by Gasteiger charge is 2.15. The van der Waals surface area contributed by atoms with Gasteiger partial charge in [0.2, 0.25) is 5.91 Å². The Labute approximate surface area is 153 Å². The van der Waals surface area contributed by atoms with E-state index in [2.05, 4.69) is 57.8 Å². The van der Waals surface area contributed by atoms with E-state index in [9.17, 15) is 9.59 Å². The Morgan fingerprint density at radius 3 is 2.38 bits per heavy atom. The number of methoxy groups -OCH3 is 1. The second-order valence-corrected chi connectivity index (χ2v) is 7.89. The Bertz CT molecular complexity index is 516. The largest absolute Gasteiger partial charge is 0.469 e. The molecule has 1 unspecified atom stereocenters. The van der Waals surface area contributed by atoms with Gasteiger partial charge in [0.05, 0.1) is 24.5 Å². The van der Waals surface area contributed by atoms with Gasteiger partial charge in [0.15, 0.2) is 0 Å². The number of amides is 1. The van der Waals surface area contributed by atoms with Crippen LogP contribution in [-0.2, 0) is 14.3 Å². The molecule has 1 atom stereocenters.